The summed E-state index contributed by atoms with van der Waals surface area (Å²) >= 11 is 3.33. The van der Waals surface area contributed by atoms with Crippen molar-refractivity contribution in [2.45, 2.75) is 6.04 Å². The Morgan fingerprint density at radius 2 is 2.10 bits per heavy atom. The molecular weight excluding hydrogens is 326 g/mol. The molecule has 0 aliphatic carbocycles. The third-order valence-corrected chi connectivity index (χ3v) is 3.26. The minimum Gasteiger partial charge on any atom is -0.383 e. The van der Waals surface area contributed by atoms with Crippen LogP contribution >= 0.6 is 15.9 Å². The van der Waals surface area contributed by atoms with Crippen LogP contribution in [0.4, 0.5) is 5.69 Å². The van der Waals surface area contributed by atoms with Gasteiger partial charge < -0.3 is 20.7 Å². The minimum atomic E-state index is -0.763. The summed E-state index contributed by atoms with van der Waals surface area (Å²) in [6.07, 6.45) is 0. The lowest BCUT2D eigenvalue weighted by atomic mass is 10.3. The Bertz CT molecular complexity index is 482. The first-order valence-electron chi connectivity index (χ1n) is 5.99. The zero-order valence-electron chi connectivity index (χ0n) is 11.4. The average molecular weight is 344 g/mol. The molecular formula is C13H18BrN3O3. The summed E-state index contributed by atoms with van der Waals surface area (Å²) in [5.41, 5.74) is 6.28. The van der Waals surface area contributed by atoms with Crippen LogP contribution in [0.1, 0.15) is 0 Å². The van der Waals surface area contributed by atoms with Crippen LogP contribution < -0.4 is 11.1 Å². The molecule has 0 heterocycles. The van der Waals surface area contributed by atoms with Gasteiger partial charge in [0, 0.05) is 18.6 Å². The molecule has 0 radical (unpaired) electrons. The number of halogens is 1. The molecule has 0 bridgehead atoms. The number of carbonyl (C=O) groups excluding carboxylic acids is 2. The van der Waals surface area contributed by atoms with E-state index < -0.39 is 6.04 Å². The van der Waals surface area contributed by atoms with Crippen LogP contribution in [-0.2, 0) is 14.3 Å². The zero-order valence-corrected chi connectivity index (χ0v) is 13.0. The topological polar surface area (TPSA) is 84.7 Å². The number of rotatable bonds is 6. The molecule has 6 nitrogen and oxygen atoms in total. The van der Waals surface area contributed by atoms with Gasteiger partial charge in [0.1, 0.15) is 6.04 Å². The summed E-state index contributed by atoms with van der Waals surface area (Å²) in [5.74, 6) is -0.633. The average Bonchev–Trinajstić information content (AvgIpc) is 2.40. The lowest BCUT2D eigenvalue weighted by Crippen LogP contribution is -2.46. The fourth-order valence-electron chi connectivity index (χ4n) is 1.58. The van der Waals surface area contributed by atoms with E-state index in [1.807, 2.05) is 18.2 Å². The molecule has 110 valence electrons. The fraction of sp³-hybridized carbons (Fsp3) is 0.385. The van der Waals surface area contributed by atoms with Crippen molar-refractivity contribution >= 4 is 33.4 Å². The van der Waals surface area contributed by atoms with E-state index in [2.05, 4.69) is 21.2 Å². The smallest absolute Gasteiger partial charge is 0.244 e. The summed E-state index contributed by atoms with van der Waals surface area (Å²) in [6, 6.07) is 6.48. The quantitative estimate of drug-likeness (QED) is 0.800. The van der Waals surface area contributed by atoms with Gasteiger partial charge in [-0.15, -0.1) is 0 Å². The third kappa shape index (κ3) is 4.92. The summed E-state index contributed by atoms with van der Waals surface area (Å²) in [4.78, 5) is 25.0. The van der Waals surface area contributed by atoms with Crippen LogP contribution in [0.5, 0.6) is 0 Å². The van der Waals surface area contributed by atoms with Crippen LogP contribution in [-0.4, -0.2) is 50.1 Å². The highest BCUT2D eigenvalue weighted by molar-refractivity contribution is 9.10. The van der Waals surface area contributed by atoms with Crippen molar-refractivity contribution in [3.8, 4) is 0 Å². The number of hydrogen-bond donors (Lipinski definition) is 2. The Balaban J connectivity index is 2.54. The van der Waals surface area contributed by atoms with E-state index in [1.54, 1.807) is 6.07 Å². The Kier molecular flexibility index (Phi) is 6.63. The van der Waals surface area contributed by atoms with Crippen molar-refractivity contribution in [3.05, 3.63) is 28.7 Å². The van der Waals surface area contributed by atoms with Crippen LogP contribution in [0.2, 0.25) is 0 Å². The molecule has 2 amide bonds. The van der Waals surface area contributed by atoms with E-state index in [1.165, 1.54) is 19.1 Å². The molecule has 7 heteroatoms. The molecule has 1 aromatic rings. The molecule has 0 aliphatic heterocycles. The van der Waals surface area contributed by atoms with Crippen molar-refractivity contribution in [2.24, 2.45) is 5.73 Å². The van der Waals surface area contributed by atoms with Gasteiger partial charge in [-0.05, 0) is 28.1 Å². The summed E-state index contributed by atoms with van der Waals surface area (Å²) in [6.45, 7) is 0.0482. The molecule has 20 heavy (non-hydrogen) atoms. The Morgan fingerprint density at radius 1 is 1.45 bits per heavy atom. The molecule has 1 unspecified atom stereocenters. The maximum absolute atomic E-state index is 11.9. The molecule has 0 spiro atoms. The highest BCUT2D eigenvalue weighted by atomic mass is 79.9. The standard InChI is InChI=1S/C13H18BrN3O3/c1-17(13(19)10(15)8-20-2)7-12(18)16-11-6-4-3-5-9(11)14/h3-6,10H,7-8,15H2,1-2H3,(H,16,18). The number of para-hydroxylation sites is 1. The zero-order chi connectivity index (χ0) is 15.1. The monoisotopic (exact) mass is 343 g/mol. The fourth-order valence-corrected chi connectivity index (χ4v) is 1.96. The van der Waals surface area contributed by atoms with Crippen LogP contribution in [0, 0.1) is 0 Å². The van der Waals surface area contributed by atoms with Gasteiger partial charge in [-0.25, -0.2) is 0 Å². The number of hydrogen-bond acceptors (Lipinski definition) is 4. The van der Waals surface area contributed by atoms with Gasteiger partial charge >= 0.3 is 0 Å². The van der Waals surface area contributed by atoms with E-state index in [-0.39, 0.29) is 25.0 Å². The number of likely N-dealkylation sites (N-methyl/N-ethyl adjacent to an activating group) is 1. The lowest BCUT2D eigenvalue weighted by molar-refractivity contribution is -0.135. The van der Waals surface area contributed by atoms with Crippen molar-refractivity contribution in [2.75, 3.05) is 32.6 Å². The number of nitrogens with one attached hydrogen (secondary N) is 1. The van der Waals surface area contributed by atoms with E-state index >= 15 is 0 Å². The molecule has 3 N–H and O–H groups in total. The lowest BCUT2D eigenvalue weighted by Gasteiger charge is -2.20. The van der Waals surface area contributed by atoms with E-state index in [0.717, 1.165) is 4.47 Å². The Morgan fingerprint density at radius 3 is 2.70 bits per heavy atom. The maximum Gasteiger partial charge on any atom is 0.244 e. The Labute approximate surface area is 126 Å². The van der Waals surface area contributed by atoms with Gasteiger partial charge in [-0.2, -0.15) is 0 Å². The van der Waals surface area contributed by atoms with Crippen LogP contribution in [0.15, 0.2) is 28.7 Å². The first kappa shape index (κ1) is 16.6. The van der Waals surface area contributed by atoms with Gasteiger partial charge in [0.2, 0.25) is 11.8 Å². The second kappa shape index (κ2) is 7.98. The van der Waals surface area contributed by atoms with Gasteiger partial charge in [0.05, 0.1) is 18.8 Å². The second-order valence-electron chi connectivity index (χ2n) is 4.28. The predicted molar refractivity (Wildman–Crippen MR) is 80.3 cm³/mol. The van der Waals surface area contributed by atoms with E-state index in [0.29, 0.717) is 5.69 Å². The van der Waals surface area contributed by atoms with Gasteiger partial charge in [-0.1, -0.05) is 12.1 Å². The molecule has 0 aliphatic rings. The molecule has 0 saturated heterocycles. The van der Waals surface area contributed by atoms with Crippen molar-refractivity contribution < 1.29 is 14.3 Å². The third-order valence-electron chi connectivity index (χ3n) is 2.57. The molecule has 1 atom stereocenters. The first-order valence-corrected chi connectivity index (χ1v) is 6.79. The highest BCUT2D eigenvalue weighted by Crippen LogP contribution is 2.20. The number of anilines is 1. The van der Waals surface area contributed by atoms with E-state index in [4.69, 9.17) is 10.5 Å². The summed E-state index contributed by atoms with van der Waals surface area (Å²) < 4.78 is 5.59. The second-order valence-corrected chi connectivity index (χ2v) is 5.14. The Hall–Kier alpha value is -1.44. The van der Waals surface area contributed by atoms with Crippen molar-refractivity contribution in [3.63, 3.8) is 0 Å². The number of benzene rings is 1. The maximum atomic E-state index is 11.9. The van der Waals surface area contributed by atoms with Crippen LogP contribution in [0.3, 0.4) is 0 Å². The molecule has 1 rings (SSSR count). The number of carbonyl (C=O) groups is 2. The summed E-state index contributed by atoms with van der Waals surface area (Å²) in [5, 5.41) is 2.72. The van der Waals surface area contributed by atoms with Gasteiger partial charge in [-0.3, -0.25) is 9.59 Å². The number of ether oxygens (including phenoxy) is 1. The molecule has 0 fully saturated rings. The normalized spacial score (nSPS) is 11.8. The number of methoxy groups -OCH3 is 1. The highest BCUT2D eigenvalue weighted by Gasteiger charge is 2.20. The summed E-state index contributed by atoms with van der Waals surface area (Å²) in [7, 11) is 2.99. The van der Waals surface area contributed by atoms with Gasteiger partial charge in [0.15, 0.2) is 0 Å². The number of nitrogens with zero attached hydrogens (tertiary/aromatic N) is 1. The number of amides is 2. The van der Waals surface area contributed by atoms with Gasteiger partial charge in [0.25, 0.3) is 0 Å². The molecule has 0 aromatic heterocycles. The first-order chi connectivity index (χ1) is 9.45. The SMILES string of the molecule is COCC(N)C(=O)N(C)CC(=O)Nc1ccccc1Br. The largest absolute Gasteiger partial charge is 0.383 e. The number of nitrogens with two attached hydrogens (primary N) is 1. The molecule has 1 aromatic carbocycles. The van der Waals surface area contributed by atoms with Crippen molar-refractivity contribution in [1.82, 2.24) is 4.90 Å². The minimum absolute atomic E-state index is 0.0718. The molecule has 0 saturated carbocycles. The van der Waals surface area contributed by atoms with Crippen molar-refractivity contribution in [1.29, 1.82) is 0 Å². The van der Waals surface area contributed by atoms with Crippen LogP contribution in [0.25, 0.3) is 0 Å². The predicted octanol–water partition coefficient (Wildman–Crippen LogP) is 0.820. The van der Waals surface area contributed by atoms with E-state index in [9.17, 15) is 9.59 Å².